The fourth-order valence-corrected chi connectivity index (χ4v) is 1.56. The number of pyridine rings is 1. The SMILES string of the molecule is CN1CC(Nc2ncc(F)cc2N)C1. The van der Waals surface area contributed by atoms with E-state index in [0.717, 1.165) is 13.1 Å². The molecule has 1 saturated heterocycles. The van der Waals surface area contributed by atoms with Gasteiger partial charge in [0.1, 0.15) is 11.6 Å². The van der Waals surface area contributed by atoms with Gasteiger partial charge in [0.25, 0.3) is 0 Å². The number of likely N-dealkylation sites (tertiary alicyclic amines) is 1. The third kappa shape index (κ3) is 1.77. The van der Waals surface area contributed by atoms with E-state index in [9.17, 15) is 4.39 Å². The highest BCUT2D eigenvalue weighted by Gasteiger charge is 2.23. The van der Waals surface area contributed by atoms with Gasteiger partial charge in [-0.3, -0.25) is 0 Å². The average Bonchev–Trinajstić information content (AvgIpc) is 2.06. The molecule has 0 aromatic carbocycles. The van der Waals surface area contributed by atoms with Crippen LogP contribution < -0.4 is 11.1 Å². The maximum atomic E-state index is 12.7. The topological polar surface area (TPSA) is 54.2 Å². The van der Waals surface area contributed by atoms with Gasteiger partial charge < -0.3 is 16.0 Å². The molecule has 1 aliphatic rings. The molecular formula is C9H13FN4. The zero-order valence-electron chi connectivity index (χ0n) is 8.00. The van der Waals surface area contributed by atoms with Crippen LogP contribution in [0.1, 0.15) is 0 Å². The molecule has 1 fully saturated rings. The second-order valence-electron chi connectivity index (χ2n) is 3.65. The van der Waals surface area contributed by atoms with Gasteiger partial charge in [-0.05, 0) is 7.05 Å². The van der Waals surface area contributed by atoms with Gasteiger partial charge in [-0.25, -0.2) is 9.37 Å². The number of hydrogen-bond acceptors (Lipinski definition) is 4. The number of hydrogen-bond donors (Lipinski definition) is 2. The molecular weight excluding hydrogens is 183 g/mol. The molecule has 1 aromatic heterocycles. The summed E-state index contributed by atoms with van der Waals surface area (Å²) in [5.41, 5.74) is 5.97. The molecule has 5 heteroatoms. The molecule has 2 heterocycles. The number of rotatable bonds is 2. The predicted molar refractivity (Wildman–Crippen MR) is 53.5 cm³/mol. The standard InChI is InChI=1S/C9H13FN4/c1-14-4-7(5-14)13-9-8(11)2-6(10)3-12-9/h2-3,7H,4-5,11H2,1H3,(H,12,13). The van der Waals surface area contributed by atoms with Crippen molar-refractivity contribution in [1.29, 1.82) is 0 Å². The van der Waals surface area contributed by atoms with E-state index in [1.807, 2.05) is 7.05 Å². The van der Waals surface area contributed by atoms with Crippen molar-refractivity contribution in [2.75, 3.05) is 31.2 Å². The molecule has 2 rings (SSSR count). The first-order valence-corrected chi connectivity index (χ1v) is 4.51. The average molecular weight is 196 g/mol. The van der Waals surface area contributed by atoms with Crippen LogP contribution in [0.4, 0.5) is 15.9 Å². The van der Waals surface area contributed by atoms with Crippen LogP contribution in [-0.4, -0.2) is 36.1 Å². The first kappa shape index (κ1) is 9.21. The Morgan fingerprint density at radius 3 is 2.93 bits per heavy atom. The Bertz CT molecular complexity index is 336. The van der Waals surface area contributed by atoms with Crippen molar-refractivity contribution < 1.29 is 4.39 Å². The molecule has 0 atom stereocenters. The smallest absolute Gasteiger partial charge is 0.149 e. The summed E-state index contributed by atoms with van der Waals surface area (Å²) < 4.78 is 12.7. The summed E-state index contributed by atoms with van der Waals surface area (Å²) in [7, 11) is 2.04. The summed E-state index contributed by atoms with van der Waals surface area (Å²) in [4.78, 5) is 6.07. The van der Waals surface area contributed by atoms with Gasteiger partial charge in [-0.15, -0.1) is 0 Å². The van der Waals surface area contributed by atoms with E-state index in [4.69, 9.17) is 5.73 Å². The van der Waals surface area contributed by atoms with Gasteiger partial charge in [0.15, 0.2) is 0 Å². The zero-order valence-corrected chi connectivity index (χ0v) is 8.00. The number of halogens is 1. The first-order valence-electron chi connectivity index (χ1n) is 4.51. The van der Waals surface area contributed by atoms with E-state index in [1.54, 1.807) is 0 Å². The number of nitrogens with zero attached hydrogens (tertiary/aromatic N) is 2. The van der Waals surface area contributed by atoms with Gasteiger partial charge in [0.2, 0.25) is 0 Å². The van der Waals surface area contributed by atoms with E-state index in [0.29, 0.717) is 17.5 Å². The van der Waals surface area contributed by atoms with Gasteiger partial charge >= 0.3 is 0 Å². The summed E-state index contributed by atoms with van der Waals surface area (Å²) in [5.74, 6) is 0.170. The number of nitrogens with one attached hydrogen (secondary N) is 1. The largest absolute Gasteiger partial charge is 0.396 e. The van der Waals surface area contributed by atoms with Crippen LogP contribution in [0.3, 0.4) is 0 Å². The summed E-state index contributed by atoms with van der Waals surface area (Å²) >= 11 is 0. The molecule has 0 bridgehead atoms. The number of nitrogen functional groups attached to an aromatic ring is 1. The van der Waals surface area contributed by atoms with E-state index in [2.05, 4.69) is 15.2 Å². The normalized spacial score (nSPS) is 17.9. The zero-order chi connectivity index (χ0) is 10.1. The van der Waals surface area contributed by atoms with Crippen molar-refractivity contribution in [2.45, 2.75) is 6.04 Å². The van der Waals surface area contributed by atoms with Gasteiger partial charge in [-0.1, -0.05) is 0 Å². The van der Waals surface area contributed by atoms with Crippen LogP contribution in [0.5, 0.6) is 0 Å². The molecule has 0 amide bonds. The van der Waals surface area contributed by atoms with Crippen LogP contribution in [0.15, 0.2) is 12.3 Å². The molecule has 14 heavy (non-hydrogen) atoms. The van der Waals surface area contributed by atoms with E-state index in [1.165, 1.54) is 12.3 Å². The number of nitrogens with two attached hydrogens (primary N) is 1. The molecule has 0 radical (unpaired) electrons. The van der Waals surface area contributed by atoms with Crippen molar-refractivity contribution in [1.82, 2.24) is 9.88 Å². The quantitative estimate of drug-likeness (QED) is 0.724. The summed E-state index contributed by atoms with van der Waals surface area (Å²) in [6.07, 6.45) is 1.17. The maximum Gasteiger partial charge on any atom is 0.149 e. The van der Waals surface area contributed by atoms with Crippen molar-refractivity contribution in [3.63, 3.8) is 0 Å². The highest BCUT2D eigenvalue weighted by molar-refractivity contribution is 5.61. The van der Waals surface area contributed by atoms with E-state index >= 15 is 0 Å². The number of aromatic nitrogens is 1. The maximum absolute atomic E-state index is 12.7. The Morgan fingerprint density at radius 1 is 1.64 bits per heavy atom. The van der Waals surface area contributed by atoms with Crippen LogP contribution in [-0.2, 0) is 0 Å². The minimum atomic E-state index is -0.404. The highest BCUT2D eigenvalue weighted by atomic mass is 19.1. The predicted octanol–water partition coefficient (Wildman–Crippen LogP) is 0.529. The molecule has 0 aliphatic carbocycles. The molecule has 0 unspecified atom stereocenters. The van der Waals surface area contributed by atoms with Crippen molar-refractivity contribution in [3.05, 3.63) is 18.1 Å². The lowest BCUT2D eigenvalue weighted by molar-refractivity contribution is 0.205. The molecule has 1 aliphatic heterocycles. The molecule has 0 spiro atoms. The van der Waals surface area contributed by atoms with Crippen LogP contribution >= 0.6 is 0 Å². The van der Waals surface area contributed by atoms with Gasteiger partial charge in [0.05, 0.1) is 17.9 Å². The molecule has 0 saturated carbocycles. The third-order valence-electron chi connectivity index (χ3n) is 2.29. The van der Waals surface area contributed by atoms with Crippen LogP contribution in [0.25, 0.3) is 0 Å². The molecule has 4 nitrogen and oxygen atoms in total. The molecule has 3 N–H and O–H groups in total. The second kappa shape index (κ2) is 3.42. The number of likely N-dealkylation sites (N-methyl/N-ethyl adjacent to an activating group) is 1. The lowest BCUT2D eigenvalue weighted by Gasteiger charge is -2.37. The van der Waals surface area contributed by atoms with E-state index in [-0.39, 0.29) is 0 Å². The minimum absolute atomic E-state index is 0.361. The fraction of sp³-hybridized carbons (Fsp3) is 0.444. The number of anilines is 2. The first-order chi connectivity index (χ1) is 6.65. The highest BCUT2D eigenvalue weighted by Crippen LogP contribution is 2.18. The summed E-state index contributed by atoms with van der Waals surface area (Å²) in [6, 6.07) is 1.65. The second-order valence-corrected chi connectivity index (χ2v) is 3.65. The van der Waals surface area contributed by atoms with Crippen molar-refractivity contribution in [2.24, 2.45) is 0 Å². The summed E-state index contributed by atoms with van der Waals surface area (Å²) in [6.45, 7) is 1.94. The Hall–Kier alpha value is -1.36. The molecule has 76 valence electrons. The summed E-state index contributed by atoms with van der Waals surface area (Å²) in [5, 5.41) is 3.16. The lowest BCUT2D eigenvalue weighted by Crippen LogP contribution is -2.52. The lowest BCUT2D eigenvalue weighted by atomic mass is 10.1. The van der Waals surface area contributed by atoms with Gasteiger partial charge in [0, 0.05) is 19.2 Å². The minimum Gasteiger partial charge on any atom is -0.396 e. The van der Waals surface area contributed by atoms with Crippen LogP contribution in [0.2, 0.25) is 0 Å². The Balaban J connectivity index is 2.02. The monoisotopic (exact) mass is 196 g/mol. The van der Waals surface area contributed by atoms with E-state index < -0.39 is 5.82 Å². The Kier molecular flexibility index (Phi) is 2.25. The van der Waals surface area contributed by atoms with Crippen molar-refractivity contribution >= 4 is 11.5 Å². The van der Waals surface area contributed by atoms with Crippen LogP contribution in [0, 0.1) is 5.82 Å². The Labute approximate surface area is 81.9 Å². The van der Waals surface area contributed by atoms with Gasteiger partial charge in [-0.2, -0.15) is 0 Å². The Morgan fingerprint density at radius 2 is 2.36 bits per heavy atom. The third-order valence-corrected chi connectivity index (χ3v) is 2.29. The molecule has 1 aromatic rings. The fourth-order valence-electron chi connectivity index (χ4n) is 1.56. The van der Waals surface area contributed by atoms with Crippen molar-refractivity contribution in [3.8, 4) is 0 Å².